The van der Waals surface area contributed by atoms with Crippen molar-refractivity contribution in [1.82, 2.24) is 20.0 Å². The third-order valence-electron chi connectivity index (χ3n) is 3.17. The lowest BCUT2D eigenvalue weighted by atomic mass is 10.2. The van der Waals surface area contributed by atoms with Crippen LogP contribution in [0.1, 0.15) is 13.3 Å². The molecule has 112 valence electrons. The molecular formula is C12H17F3N4O. The smallest absolute Gasteiger partial charge is 0.332 e. The Morgan fingerprint density at radius 1 is 1.55 bits per heavy atom. The average Bonchev–Trinajstić information content (AvgIpc) is 2.92. The molecule has 1 aromatic rings. The molecule has 5 nitrogen and oxygen atoms in total. The first-order chi connectivity index (χ1) is 9.35. The molecule has 2 atom stereocenters. The summed E-state index contributed by atoms with van der Waals surface area (Å²) in [5.74, 6) is -0.477. The van der Waals surface area contributed by atoms with Crippen molar-refractivity contribution in [3.05, 3.63) is 18.5 Å². The predicted molar refractivity (Wildman–Crippen MR) is 65.9 cm³/mol. The summed E-state index contributed by atoms with van der Waals surface area (Å²) in [5.41, 5.74) is 0. The summed E-state index contributed by atoms with van der Waals surface area (Å²) in [7, 11) is 0. The van der Waals surface area contributed by atoms with Gasteiger partial charge in [-0.2, -0.15) is 18.3 Å². The van der Waals surface area contributed by atoms with Crippen LogP contribution in [-0.4, -0.2) is 51.9 Å². The van der Waals surface area contributed by atoms with Gasteiger partial charge in [0.25, 0.3) is 0 Å². The SMILES string of the molecule is C[C@@H](Cn1cccn1)N[C@H]1CCN(CC(F)(F)F)C1=O. The van der Waals surface area contributed by atoms with Crippen LogP contribution >= 0.6 is 0 Å². The molecule has 1 saturated heterocycles. The van der Waals surface area contributed by atoms with E-state index in [0.29, 0.717) is 13.0 Å². The van der Waals surface area contributed by atoms with Gasteiger partial charge in [0.15, 0.2) is 0 Å². The van der Waals surface area contributed by atoms with Crippen molar-refractivity contribution in [3.63, 3.8) is 0 Å². The zero-order chi connectivity index (χ0) is 14.8. The lowest BCUT2D eigenvalue weighted by Crippen LogP contribution is -2.45. The van der Waals surface area contributed by atoms with E-state index in [-0.39, 0.29) is 12.6 Å². The number of halogens is 3. The molecule has 1 aromatic heterocycles. The summed E-state index contributed by atoms with van der Waals surface area (Å²) in [6.07, 6.45) is -0.493. The Hall–Kier alpha value is -1.57. The summed E-state index contributed by atoms with van der Waals surface area (Å²) < 4.78 is 38.6. The van der Waals surface area contributed by atoms with E-state index < -0.39 is 24.7 Å². The fourth-order valence-corrected chi connectivity index (χ4v) is 2.35. The van der Waals surface area contributed by atoms with Crippen LogP contribution in [0, 0.1) is 0 Å². The number of likely N-dealkylation sites (tertiary alicyclic amines) is 1. The zero-order valence-electron chi connectivity index (χ0n) is 11.1. The highest BCUT2D eigenvalue weighted by atomic mass is 19.4. The zero-order valence-corrected chi connectivity index (χ0v) is 11.1. The van der Waals surface area contributed by atoms with Gasteiger partial charge in [0, 0.05) is 25.0 Å². The first-order valence-corrected chi connectivity index (χ1v) is 6.44. The van der Waals surface area contributed by atoms with Crippen molar-refractivity contribution >= 4 is 5.91 Å². The van der Waals surface area contributed by atoms with Crippen LogP contribution in [0.5, 0.6) is 0 Å². The third kappa shape index (κ3) is 3.96. The van der Waals surface area contributed by atoms with Crippen LogP contribution < -0.4 is 5.32 Å². The van der Waals surface area contributed by atoms with E-state index in [9.17, 15) is 18.0 Å². The minimum atomic E-state index is -4.34. The van der Waals surface area contributed by atoms with Gasteiger partial charge in [0.1, 0.15) is 6.54 Å². The van der Waals surface area contributed by atoms with E-state index in [4.69, 9.17) is 0 Å². The minimum Gasteiger partial charge on any atom is -0.332 e. The van der Waals surface area contributed by atoms with E-state index in [2.05, 4.69) is 10.4 Å². The van der Waals surface area contributed by atoms with Crippen LogP contribution in [0.3, 0.4) is 0 Å². The number of alkyl halides is 3. The largest absolute Gasteiger partial charge is 0.406 e. The van der Waals surface area contributed by atoms with Crippen LogP contribution in [0.25, 0.3) is 0 Å². The first-order valence-electron chi connectivity index (χ1n) is 6.44. The van der Waals surface area contributed by atoms with Crippen molar-refractivity contribution < 1.29 is 18.0 Å². The summed E-state index contributed by atoms with van der Waals surface area (Å²) >= 11 is 0. The molecule has 1 aliphatic rings. The summed E-state index contributed by atoms with van der Waals surface area (Å²) in [4.78, 5) is 12.7. The molecule has 1 N–H and O–H groups in total. The predicted octanol–water partition coefficient (Wildman–Crippen LogP) is 1.02. The van der Waals surface area contributed by atoms with Crippen molar-refractivity contribution in [2.24, 2.45) is 0 Å². The van der Waals surface area contributed by atoms with Gasteiger partial charge < -0.3 is 10.2 Å². The number of aromatic nitrogens is 2. The lowest BCUT2D eigenvalue weighted by molar-refractivity contribution is -0.158. The molecule has 8 heteroatoms. The van der Waals surface area contributed by atoms with E-state index in [0.717, 1.165) is 4.90 Å². The van der Waals surface area contributed by atoms with Gasteiger partial charge in [0.05, 0.1) is 12.6 Å². The fourth-order valence-electron chi connectivity index (χ4n) is 2.35. The molecule has 0 aliphatic carbocycles. The minimum absolute atomic E-state index is 0.0466. The van der Waals surface area contributed by atoms with Crippen LogP contribution in [0.2, 0.25) is 0 Å². The number of nitrogens with zero attached hydrogens (tertiary/aromatic N) is 3. The van der Waals surface area contributed by atoms with E-state index in [1.54, 1.807) is 23.1 Å². The van der Waals surface area contributed by atoms with Crippen LogP contribution in [0.4, 0.5) is 13.2 Å². The number of hydrogen-bond acceptors (Lipinski definition) is 3. The highest BCUT2D eigenvalue weighted by Crippen LogP contribution is 2.21. The third-order valence-corrected chi connectivity index (χ3v) is 3.17. The summed E-state index contributed by atoms with van der Waals surface area (Å²) in [6, 6.07) is 1.20. The Morgan fingerprint density at radius 2 is 2.30 bits per heavy atom. The molecular weight excluding hydrogens is 273 g/mol. The standard InChI is InChI=1S/C12H17F3N4O/c1-9(7-19-5-2-4-16-19)17-10-3-6-18(11(10)20)8-12(13,14)15/h2,4-5,9-10,17H,3,6-8H2,1H3/t9-,10-/m0/s1. The highest BCUT2D eigenvalue weighted by Gasteiger charge is 2.39. The number of nitrogens with one attached hydrogen (secondary N) is 1. The number of carbonyl (C=O) groups is 1. The highest BCUT2D eigenvalue weighted by molar-refractivity contribution is 5.84. The van der Waals surface area contributed by atoms with Crippen molar-refractivity contribution in [2.45, 2.75) is 38.1 Å². The van der Waals surface area contributed by atoms with Crippen molar-refractivity contribution in [1.29, 1.82) is 0 Å². The maximum Gasteiger partial charge on any atom is 0.406 e. The van der Waals surface area contributed by atoms with Crippen molar-refractivity contribution in [2.75, 3.05) is 13.1 Å². The van der Waals surface area contributed by atoms with E-state index in [1.807, 2.05) is 6.92 Å². The molecule has 0 radical (unpaired) electrons. The second-order valence-corrected chi connectivity index (χ2v) is 5.01. The van der Waals surface area contributed by atoms with Crippen LogP contribution in [-0.2, 0) is 11.3 Å². The Balaban J connectivity index is 1.83. The van der Waals surface area contributed by atoms with Gasteiger partial charge in [-0.25, -0.2) is 0 Å². The second kappa shape index (κ2) is 5.82. The number of carbonyl (C=O) groups excluding carboxylic acids is 1. The molecule has 1 amide bonds. The molecule has 0 spiro atoms. The Morgan fingerprint density at radius 3 is 2.90 bits per heavy atom. The molecule has 2 rings (SSSR count). The quantitative estimate of drug-likeness (QED) is 0.881. The maximum absolute atomic E-state index is 12.3. The molecule has 1 fully saturated rings. The van der Waals surface area contributed by atoms with Crippen molar-refractivity contribution in [3.8, 4) is 0 Å². The Kier molecular flexibility index (Phi) is 4.32. The van der Waals surface area contributed by atoms with Gasteiger partial charge in [0.2, 0.25) is 5.91 Å². The molecule has 0 bridgehead atoms. The Labute approximate surface area is 114 Å². The van der Waals surface area contributed by atoms with Gasteiger partial charge in [-0.15, -0.1) is 0 Å². The topological polar surface area (TPSA) is 50.2 Å². The van der Waals surface area contributed by atoms with Gasteiger partial charge >= 0.3 is 6.18 Å². The molecule has 2 heterocycles. The first kappa shape index (κ1) is 14.8. The lowest BCUT2D eigenvalue weighted by Gasteiger charge is -2.21. The van der Waals surface area contributed by atoms with Gasteiger partial charge in [-0.3, -0.25) is 9.48 Å². The number of hydrogen-bond donors (Lipinski definition) is 1. The van der Waals surface area contributed by atoms with Gasteiger partial charge in [-0.05, 0) is 19.4 Å². The van der Waals surface area contributed by atoms with Gasteiger partial charge in [-0.1, -0.05) is 0 Å². The summed E-state index contributed by atoms with van der Waals surface area (Å²) in [5, 5.41) is 7.11. The number of amides is 1. The average molecular weight is 290 g/mol. The molecule has 0 unspecified atom stereocenters. The maximum atomic E-state index is 12.3. The fraction of sp³-hybridized carbons (Fsp3) is 0.667. The molecule has 0 saturated carbocycles. The van der Waals surface area contributed by atoms with Crippen LogP contribution in [0.15, 0.2) is 18.5 Å². The van der Waals surface area contributed by atoms with E-state index in [1.165, 1.54) is 0 Å². The molecule has 20 heavy (non-hydrogen) atoms. The normalized spacial score (nSPS) is 21.5. The summed E-state index contributed by atoms with van der Waals surface area (Å²) in [6.45, 7) is 1.42. The van der Waals surface area contributed by atoms with E-state index >= 15 is 0 Å². The monoisotopic (exact) mass is 290 g/mol. The Bertz CT molecular complexity index is 446. The second-order valence-electron chi connectivity index (χ2n) is 5.01. The molecule has 1 aliphatic heterocycles. The molecule has 0 aromatic carbocycles. The number of rotatable bonds is 5.